The third-order valence-electron chi connectivity index (χ3n) is 10.6. The molecule has 0 amide bonds. The summed E-state index contributed by atoms with van der Waals surface area (Å²) in [7, 11) is 0. The number of benzene rings is 8. The molecular formula is C51H31N3S2. The van der Waals surface area contributed by atoms with Crippen LogP contribution in [0.2, 0.25) is 0 Å². The zero-order valence-electron chi connectivity index (χ0n) is 30.1. The van der Waals surface area contributed by atoms with E-state index in [0.29, 0.717) is 17.5 Å². The maximum atomic E-state index is 5.21. The van der Waals surface area contributed by atoms with Crippen LogP contribution in [0.15, 0.2) is 188 Å². The van der Waals surface area contributed by atoms with Gasteiger partial charge in [0.1, 0.15) is 0 Å². The summed E-state index contributed by atoms with van der Waals surface area (Å²) in [6, 6.07) is 66.7. The predicted octanol–water partition coefficient (Wildman–Crippen LogP) is 14.6. The Hall–Kier alpha value is -6.79. The molecule has 0 saturated heterocycles. The Morgan fingerprint density at radius 1 is 0.286 bits per heavy atom. The first-order valence-corrected chi connectivity index (χ1v) is 20.3. The van der Waals surface area contributed by atoms with Crippen LogP contribution >= 0.6 is 22.7 Å². The van der Waals surface area contributed by atoms with Gasteiger partial charge in [-0.25, -0.2) is 15.0 Å². The number of rotatable bonds is 6. The summed E-state index contributed by atoms with van der Waals surface area (Å²) in [5.41, 5.74) is 10.2. The molecule has 11 aromatic rings. The van der Waals surface area contributed by atoms with Crippen LogP contribution in [-0.2, 0) is 0 Å². The molecule has 11 rings (SSSR count). The van der Waals surface area contributed by atoms with Crippen molar-refractivity contribution in [1.29, 1.82) is 0 Å². The van der Waals surface area contributed by atoms with Crippen LogP contribution in [0.4, 0.5) is 0 Å². The predicted molar refractivity (Wildman–Crippen MR) is 238 cm³/mol. The highest BCUT2D eigenvalue weighted by molar-refractivity contribution is 7.26. The molecule has 0 aliphatic rings. The van der Waals surface area contributed by atoms with Crippen molar-refractivity contribution >= 4 is 63.0 Å². The molecule has 0 unspecified atom stereocenters. The molecule has 3 nitrogen and oxygen atoms in total. The van der Waals surface area contributed by atoms with Crippen molar-refractivity contribution in [3.63, 3.8) is 0 Å². The molecule has 262 valence electrons. The molecule has 56 heavy (non-hydrogen) atoms. The van der Waals surface area contributed by atoms with E-state index >= 15 is 0 Å². The molecule has 5 heteroatoms. The second-order valence-electron chi connectivity index (χ2n) is 13.9. The summed E-state index contributed by atoms with van der Waals surface area (Å²) >= 11 is 3.70. The van der Waals surface area contributed by atoms with E-state index in [2.05, 4.69) is 164 Å². The van der Waals surface area contributed by atoms with Crippen molar-refractivity contribution in [1.82, 2.24) is 15.0 Å². The average Bonchev–Trinajstić information content (AvgIpc) is 3.86. The van der Waals surface area contributed by atoms with Crippen molar-refractivity contribution in [3.8, 4) is 67.5 Å². The van der Waals surface area contributed by atoms with Crippen LogP contribution in [0.3, 0.4) is 0 Å². The molecule has 0 saturated carbocycles. The lowest BCUT2D eigenvalue weighted by Gasteiger charge is -2.11. The summed E-state index contributed by atoms with van der Waals surface area (Å²) in [4.78, 5) is 15.4. The van der Waals surface area contributed by atoms with Gasteiger partial charge in [-0.2, -0.15) is 0 Å². The number of thiophene rings is 2. The van der Waals surface area contributed by atoms with Crippen LogP contribution in [0.25, 0.3) is 108 Å². The van der Waals surface area contributed by atoms with Gasteiger partial charge in [-0.15, -0.1) is 22.7 Å². The van der Waals surface area contributed by atoms with E-state index in [-0.39, 0.29) is 0 Å². The van der Waals surface area contributed by atoms with Gasteiger partial charge in [0.25, 0.3) is 0 Å². The van der Waals surface area contributed by atoms with Crippen LogP contribution in [0.5, 0.6) is 0 Å². The molecule has 0 atom stereocenters. The highest BCUT2D eigenvalue weighted by Gasteiger charge is 2.19. The molecule has 3 aromatic heterocycles. The molecule has 0 aliphatic carbocycles. The first-order valence-electron chi connectivity index (χ1n) is 18.7. The maximum Gasteiger partial charge on any atom is 0.164 e. The third kappa shape index (κ3) is 5.60. The minimum absolute atomic E-state index is 0.650. The minimum atomic E-state index is 0.650. The zero-order valence-corrected chi connectivity index (χ0v) is 31.7. The van der Waals surface area contributed by atoms with Crippen molar-refractivity contribution in [2.75, 3.05) is 0 Å². The number of hydrogen-bond donors (Lipinski definition) is 0. The van der Waals surface area contributed by atoms with Crippen LogP contribution in [0, 0.1) is 0 Å². The molecule has 0 radical (unpaired) electrons. The lowest BCUT2D eigenvalue weighted by atomic mass is 9.94. The first kappa shape index (κ1) is 32.6. The van der Waals surface area contributed by atoms with Gasteiger partial charge < -0.3 is 0 Å². The number of fused-ring (bicyclic) bond motifs is 6. The molecule has 0 bridgehead atoms. The molecule has 0 aliphatic heterocycles. The van der Waals surface area contributed by atoms with Crippen molar-refractivity contribution in [3.05, 3.63) is 188 Å². The van der Waals surface area contributed by atoms with E-state index in [1.165, 1.54) is 62.6 Å². The molecule has 8 aromatic carbocycles. The Kier molecular flexibility index (Phi) is 7.87. The maximum absolute atomic E-state index is 5.21. The normalized spacial score (nSPS) is 11.6. The Morgan fingerprint density at radius 2 is 0.875 bits per heavy atom. The summed E-state index contributed by atoms with van der Waals surface area (Å²) in [5.74, 6) is 1.97. The van der Waals surface area contributed by atoms with Gasteiger partial charge in [0, 0.05) is 57.0 Å². The fourth-order valence-electron chi connectivity index (χ4n) is 7.90. The zero-order chi connectivity index (χ0) is 37.0. The summed E-state index contributed by atoms with van der Waals surface area (Å²) in [6.07, 6.45) is 0. The Bertz CT molecular complexity index is 3240. The highest BCUT2D eigenvalue weighted by Crippen LogP contribution is 2.47. The monoisotopic (exact) mass is 749 g/mol. The Labute approximate surface area is 331 Å². The van der Waals surface area contributed by atoms with Crippen LogP contribution < -0.4 is 0 Å². The summed E-state index contributed by atoms with van der Waals surface area (Å²) in [6.45, 7) is 0. The minimum Gasteiger partial charge on any atom is -0.208 e. The van der Waals surface area contributed by atoms with E-state index in [0.717, 1.165) is 27.8 Å². The van der Waals surface area contributed by atoms with Crippen molar-refractivity contribution in [2.45, 2.75) is 0 Å². The fraction of sp³-hybridized carbons (Fsp3) is 0. The molecule has 0 fully saturated rings. The third-order valence-corrected chi connectivity index (χ3v) is 12.9. The standard InChI is InChI=1S/C51H31N3S2/c1-4-14-32(15-5-1)35-20-12-21-37(30-35)50-52-49(34-18-8-3-9-19-34)53-51(54-50)42-23-13-25-44-46(42)41-27-26-36(31-45(41)55-44)39-29-28-38(33-16-6-2-7-17-33)47-40-22-10-11-24-43(40)56-48(39)47/h1-31H. The van der Waals surface area contributed by atoms with Gasteiger partial charge in [0.05, 0.1) is 0 Å². The van der Waals surface area contributed by atoms with E-state index in [1.54, 1.807) is 0 Å². The second-order valence-corrected chi connectivity index (χ2v) is 16.1. The van der Waals surface area contributed by atoms with Gasteiger partial charge in [-0.05, 0) is 57.6 Å². The quantitative estimate of drug-likeness (QED) is 0.170. The topological polar surface area (TPSA) is 38.7 Å². The Balaban J connectivity index is 1.07. The van der Waals surface area contributed by atoms with E-state index < -0.39 is 0 Å². The van der Waals surface area contributed by atoms with Crippen molar-refractivity contribution in [2.24, 2.45) is 0 Å². The summed E-state index contributed by atoms with van der Waals surface area (Å²) in [5, 5.41) is 4.99. The van der Waals surface area contributed by atoms with Gasteiger partial charge in [-0.3, -0.25) is 0 Å². The van der Waals surface area contributed by atoms with E-state index in [9.17, 15) is 0 Å². The van der Waals surface area contributed by atoms with Crippen LogP contribution in [0.1, 0.15) is 0 Å². The molecule has 0 spiro atoms. The number of aromatic nitrogens is 3. The fourth-order valence-corrected chi connectivity index (χ4v) is 10.3. The highest BCUT2D eigenvalue weighted by atomic mass is 32.1. The lowest BCUT2D eigenvalue weighted by molar-refractivity contribution is 1.08. The number of hydrogen-bond acceptors (Lipinski definition) is 5. The number of nitrogens with zero attached hydrogens (tertiary/aromatic N) is 3. The molecule has 3 heterocycles. The van der Waals surface area contributed by atoms with Gasteiger partial charge in [0.15, 0.2) is 17.5 Å². The van der Waals surface area contributed by atoms with E-state index in [1.807, 2.05) is 46.9 Å². The summed E-state index contributed by atoms with van der Waals surface area (Å²) < 4.78 is 5.06. The molecular weight excluding hydrogens is 719 g/mol. The van der Waals surface area contributed by atoms with Gasteiger partial charge in [0.2, 0.25) is 0 Å². The van der Waals surface area contributed by atoms with Gasteiger partial charge >= 0.3 is 0 Å². The smallest absolute Gasteiger partial charge is 0.164 e. The largest absolute Gasteiger partial charge is 0.208 e. The van der Waals surface area contributed by atoms with Gasteiger partial charge in [-0.1, -0.05) is 164 Å². The van der Waals surface area contributed by atoms with E-state index in [4.69, 9.17) is 15.0 Å². The molecule has 0 N–H and O–H groups in total. The average molecular weight is 750 g/mol. The second kappa shape index (κ2) is 13.5. The Morgan fingerprint density at radius 3 is 1.68 bits per heavy atom. The lowest BCUT2D eigenvalue weighted by Crippen LogP contribution is -2.00. The SMILES string of the molecule is c1ccc(-c2cccc(-c3nc(-c4ccccc4)nc(-c4cccc5sc6cc(-c7ccc(-c8ccccc8)c8c7sc7ccccc78)ccc6c45)n3)c2)cc1. The first-order chi connectivity index (χ1) is 27.7. The van der Waals surface area contributed by atoms with Crippen molar-refractivity contribution < 1.29 is 0 Å². The van der Waals surface area contributed by atoms with Crippen LogP contribution in [-0.4, -0.2) is 15.0 Å².